The van der Waals surface area contributed by atoms with Gasteiger partial charge in [-0.1, -0.05) is 19.1 Å². The highest BCUT2D eigenvalue weighted by Crippen LogP contribution is 2.00. The Labute approximate surface area is 81.1 Å². The smallest absolute Gasteiger partial charge is 0.0727 e. The quantitative estimate of drug-likeness (QED) is 0.644. The summed E-state index contributed by atoms with van der Waals surface area (Å²) in [4.78, 5) is 3.05. The molecule has 2 nitrogen and oxygen atoms in total. The van der Waals surface area contributed by atoms with Crippen LogP contribution in [-0.4, -0.2) is 29.0 Å². The van der Waals surface area contributed by atoms with Gasteiger partial charge >= 0.3 is 0 Å². The van der Waals surface area contributed by atoms with Crippen molar-refractivity contribution in [1.82, 2.24) is 4.90 Å². The molecule has 0 aromatic rings. The van der Waals surface area contributed by atoms with Crippen molar-refractivity contribution in [2.45, 2.75) is 39.7 Å². The first-order valence-electron chi connectivity index (χ1n) is 4.60. The zero-order valence-corrected chi connectivity index (χ0v) is 9.16. The lowest BCUT2D eigenvalue weighted by atomic mass is 10.2. The minimum absolute atomic E-state index is 0.626. The molecular formula is C9H20N2S. The Hall–Kier alpha value is -0.150. The first kappa shape index (κ1) is 11.8. The molecule has 0 atom stereocenters. The molecule has 0 fully saturated rings. The number of nitrogens with two attached hydrogens (primary N) is 1. The van der Waals surface area contributed by atoms with E-state index in [0.717, 1.165) is 25.9 Å². The summed E-state index contributed by atoms with van der Waals surface area (Å²) in [6.45, 7) is 8.82. The fourth-order valence-corrected chi connectivity index (χ4v) is 1.38. The molecular weight excluding hydrogens is 168 g/mol. The molecule has 72 valence electrons. The second-order valence-corrected chi connectivity index (χ2v) is 3.82. The van der Waals surface area contributed by atoms with Crippen molar-refractivity contribution in [2.75, 3.05) is 13.1 Å². The van der Waals surface area contributed by atoms with Crippen LogP contribution in [0.25, 0.3) is 0 Å². The van der Waals surface area contributed by atoms with Gasteiger partial charge in [-0.15, -0.1) is 0 Å². The molecule has 0 bridgehead atoms. The first-order valence-corrected chi connectivity index (χ1v) is 5.01. The molecule has 0 aliphatic heterocycles. The highest BCUT2D eigenvalue weighted by atomic mass is 32.1. The van der Waals surface area contributed by atoms with Crippen LogP contribution in [0, 0.1) is 0 Å². The molecule has 0 radical (unpaired) electrons. The fourth-order valence-electron chi connectivity index (χ4n) is 1.24. The summed E-state index contributed by atoms with van der Waals surface area (Å²) in [6.07, 6.45) is 1.96. The lowest BCUT2D eigenvalue weighted by molar-refractivity contribution is 0.232. The minimum atomic E-state index is 0.626. The summed E-state index contributed by atoms with van der Waals surface area (Å²) in [5, 5.41) is 0. The Kier molecular flexibility index (Phi) is 6.30. The summed E-state index contributed by atoms with van der Waals surface area (Å²) < 4.78 is 0. The minimum Gasteiger partial charge on any atom is -0.393 e. The molecule has 0 unspecified atom stereocenters. The zero-order valence-electron chi connectivity index (χ0n) is 8.34. The third kappa shape index (κ3) is 5.49. The Morgan fingerprint density at radius 1 is 1.50 bits per heavy atom. The second kappa shape index (κ2) is 6.38. The van der Waals surface area contributed by atoms with Crippen molar-refractivity contribution in [2.24, 2.45) is 5.73 Å². The van der Waals surface area contributed by atoms with Gasteiger partial charge in [-0.05, 0) is 39.8 Å². The summed E-state index contributed by atoms with van der Waals surface area (Å²) >= 11 is 4.81. The van der Waals surface area contributed by atoms with Gasteiger partial charge in [-0.2, -0.15) is 0 Å². The maximum Gasteiger partial charge on any atom is 0.0727 e. The summed E-state index contributed by atoms with van der Waals surface area (Å²) in [7, 11) is 0. The lowest BCUT2D eigenvalue weighted by Crippen LogP contribution is -2.31. The highest BCUT2D eigenvalue weighted by Gasteiger charge is 2.05. The van der Waals surface area contributed by atoms with Crippen molar-refractivity contribution in [1.29, 1.82) is 0 Å². The number of thiocarbonyl (C=S) groups is 1. The maximum absolute atomic E-state index is 5.41. The van der Waals surface area contributed by atoms with Gasteiger partial charge < -0.3 is 10.6 Å². The van der Waals surface area contributed by atoms with E-state index in [0.29, 0.717) is 11.0 Å². The molecule has 0 saturated carbocycles. The third-order valence-electron chi connectivity index (χ3n) is 2.00. The van der Waals surface area contributed by atoms with Crippen LogP contribution in [0.3, 0.4) is 0 Å². The van der Waals surface area contributed by atoms with Crippen LogP contribution in [0.5, 0.6) is 0 Å². The van der Waals surface area contributed by atoms with E-state index in [2.05, 4.69) is 25.7 Å². The molecule has 0 rings (SSSR count). The van der Waals surface area contributed by atoms with E-state index < -0.39 is 0 Å². The van der Waals surface area contributed by atoms with Gasteiger partial charge in [-0.25, -0.2) is 0 Å². The van der Waals surface area contributed by atoms with Crippen LogP contribution < -0.4 is 5.73 Å². The predicted molar refractivity (Wildman–Crippen MR) is 58.4 cm³/mol. The Morgan fingerprint density at radius 2 is 2.08 bits per heavy atom. The maximum atomic E-state index is 5.41. The van der Waals surface area contributed by atoms with E-state index in [1.807, 2.05) is 0 Å². The normalized spacial score (nSPS) is 11.1. The molecule has 0 heterocycles. The van der Waals surface area contributed by atoms with E-state index in [-0.39, 0.29) is 0 Å². The van der Waals surface area contributed by atoms with Crippen LogP contribution in [0.4, 0.5) is 0 Å². The van der Waals surface area contributed by atoms with E-state index >= 15 is 0 Å². The highest BCUT2D eigenvalue weighted by molar-refractivity contribution is 7.80. The lowest BCUT2D eigenvalue weighted by Gasteiger charge is -2.24. The number of hydrogen-bond acceptors (Lipinski definition) is 2. The number of nitrogens with zero attached hydrogens (tertiary/aromatic N) is 1. The van der Waals surface area contributed by atoms with Crippen molar-refractivity contribution >= 4 is 17.2 Å². The fraction of sp³-hybridized carbons (Fsp3) is 0.889. The summed E-state index contributed by atoms with van der Waals surface area (Å²) in [5.41, 5.74) is 5.41. The molecule has 3 heteroatoms. The van der Waals surface area contributed by atoms with Crippen molar-refractivity contribution in [3.05, 3.63) is 0 Å². The molecule has 12 heavy (non-hydrogen) atoms. The summed E-state index contributed by atoms with van der Waals surface area (Å²) in [6, 6.07) is 0.626. The molecule has 2 N–H and O–H groups in total. The van der Waals surface area contributed by atoms with Gasteiger partial charge in [0.15, 0.2) is 0 Å². The topological polar surface area (TPSA) is 29.3 Å². The second-order valence-electron chi connectivity index (χ2n) is 3.29. The monoisotopic (exact) mass is 188 g/mol. The van der Waals surface area contributed by atoms with Gasteiger partial charge in [-0.3, -0.25) is 0 Å². The number of rotatable bonds is 6. The largest absolute Gasteiger partial charge is 0.393 e. The predicted octanol–water partition coefficient (Wildman–Crippen LogP) is 1.78. The van der Waals surface area contributed by atoms with E-state index in [4.69, 9.17) is 18.0 Å². The van der Waals surface area contributed by atoms with E-state index in [1.54, 1.807) is 0 Å². The van der Waals surface area contributed by atoms with Gasteiger partial charge in [0, 0.05) is 6.04 Å². The number of hydrogen-bond donors (Lipinski definition) is 1. The molecule has 0 aliphatic carbocycles. The molecule has 0 spiro atoms. The van der Waals surface area contributed by atoms with Crippen LogP contribution in [-0.2, 0) is 0 Å². The first-order chi connectivity index (χ1) is 5.57. The molecule has 0 aromatic carbocycles. The molecule has 0 amide bonds. The molecule has 0 aliphatic rings. The molecule has 0 saturated heterocycles. The van der Waals surface area contributed by atoms with E-state index in [1.165, 1.54) is 0 Å². The van der Waals surface area contributed by atoms with Crippen molar-refractivity contribution in [3.63, 3.8) is 0 Å². The Morgan fingerprint density at radius 3 is 2.42 bits per heavy atom. The van der Waals surface area contributed by atoms with Crippen LogP contribution in [0.1, 0.15) is 33.6 Å². The van der Waals surface area contributed by atoms with Gasteiger partial charge in [0.1, 0.15) is 0 Å². The molecule has 0 aromatic heterocycles. The summed E-state index contributed by atoms with van der Waals surface area (Å²) in [5.74, 6) is 0. The van der Waals surface area contributed by atoms with Crippen LogP contribution in [0.15, 0.2) is 0 Å². The average molecular weight is 188 g/mol. The Bertz CT molecular complexity index is 134. The van der Waals surface area contributed by atoms with E-state index in [9.17, 15) is 0 Å². The average Bonchev–Trinajstić information content (AvgIpc) is 1.96. The SMILES string of the molecule is CCN(CCCC(N)=S)C(C)C. The zero-order chi connectivity index (χ0) is 9.56. The van der Waals surface area contributed by atoms with Crippen LogP contribution >= 0.6 is 12.2 Å². The Balaban J connectivity index is 3.51. The van der Waals surface area contributed by atoms with Gasteiger partial charge in [0.2, 0.25) is 0 Å². The standard InChI is InChI=1S/C9H20N2S/c1-4-11(8(2)3)7-5-6-9(10)12/h8H,4-7H2,1-3H3,(H2,10,12). The third-order valence-corrected chi connectivity index (χ3v) is 2.21. The van der Waals surface area contributed by atoms with Crippen LogP contribution in [0.2, 0.25) is 0 Å². The van der Waals surface area contributed by atoms with Crippen molar-refractivity contribution in [3.8, 4) is 0 Å². The van der Waals surface area contributed by atoms with Gasteiger partial charge in [0.25, 0.3) is 0 Å². The van der Waals surface area contributed by atoms with Crippen molar-refractivity contribution < 1.29 is 0 Å². The van der Waals surface area contributed by atoms with Gasteiger partial charge in [0.05, 0.1) is 4.99 Å².